The zero-order chi connectivity index (χ0) is 21.0. The molecule has 0 aliphatic heterocycles. The van der Waals surface area contributed by atoms with E-state index in [1.807, 2.05) is 0 Å². The topological polar surface area (TPSA) is 17.8 Å². The Morgan fingerprint density at radius 3 is 1.74 bits per heavy atom. The van der Waals surface area contributed by atoms with Gasteiger partial charge in [-0.25, -0.2) is 0 Å². The summed E-state index contributed by atoms with van der Waals surface area (Å²) in [5, 5.41) is 2.58. The Labute approximate surface area is 142 Å². The van der Waals surface area contributed by atoms with Gasteiger partial charge in [0.15, 0.2) is 5.69 Å². The van der Waals surface area contributed by atoms with E-state index in [1.165, 1.54) is 0 Å². The number of hydrogen-bond acceptors (Lipinski definition) is 1. The van der Waals surface area contributed by atoms with Gasteiger partial charge in [0.05, 0.1) is 5.57 Å². The van der Waals surface area contributed by atoms with Crippen molar-refractivity contribution in [3.63, 3.8) is 0 Å². The lowest BCUT2D eigenvalue weighted by Crippen LogP contribution is -2.26. The largest absolute Gasteiger partial charge is 0.435 e. The van der Waals surface area contributed by atoms with Crippen LogP contribution in [0.25, 0.3) is 0 Å². The molecule has 2 rings (SSSR count). The summed E-state index contributed by atoms with van der Waals surface area (Å²) in [6.07, 6.45) is -21.6. The molecule has 15 heteroatoms. The van der Waals surface area contributed by atoms with Crippen LogP contribution in [0, 0.1) is 0 Å². The zero-order valence-electron chi connectivity index (χ0n) is 12.4. The summed E-state index contributed by atoms with van der Waals surface area (Å²) in [7, 11) is -1.52. The molecule has 0 amide bonds. The van der Waals surface area contributed by atoms with Crippen molar-refractivity contribution in [2.24, 2.45) is 0 Å². The maximum atomic E-state index is 12.9. The average Bonchev–Trinajstić information content (AvgIpc) is 3.00. The Bertz CT molecular complexity index is 774. The van der Waals surface area contributed by atoms with Gasteiger partial charge in [-0.3, -0.25) is 0 Å². The van der Waals surface area contributed by atoms with Gasteiger partial charge in [-0.15, -0.1) is 0 Å². The van der Waals surface area contributed by atoms with E-state index in [-0.39, 0.29) is 12.2 Å². The molecule has 0 saturated heterocycles. The van der Waals surface area contributed by atoms with Gasteiger partial charge >= 0.3 is 24.7 Å². The SMILES string of the molecule is FC(F)(F)C1=C[C@@H](Bn2nc(C(F)(F)F)cc2C(F)(F)F)C(C(F)(F)F)=C1. The number of halogens is 12. The smallest absolute Gasteiger partial charge is 0.310 e. The quantitative estimate of drug-likeness (QED) is 0.496. The molecule has 0 saturated carbocycles. The Morgan fingerprint density at radius 1 is 0.778 bits per heavy atom. The van der Waals surface area contributed by atoms with E-state index >= 15 is 0 Å². The van der Waals surface area contributed by atoms with Crippen LogP contribution in [-0.2, 0) is 12.4 Å². The first-order valence-electron chi connectivity index (χ1n) is 6.70. The van der Waals surface area contributed by atoms with Gasteiger partial charge in [0, 0.05) is 11.4 Å². The molecule has 0 aromatic carbocycles. The van der Waals surface area contributed by atoms with Crippen molar-refractivity contribution in [2.45, 2.75) is 30.5 Å². The lowest BCUT2D eigenvalue weighted by Gasteiger charge is -2.17. The van der Waals surface area contributed by atoms with Gasteiger partial charge in [0.1, 0.15) is 5.69 Å². The summed E-state index contributed by atoms with van der Waals surface area (Å²) in [4.78, 5) is 0. The van der Waals surface area contributed by atoms with Gasteiger partial charge in [-0.2, -0.15) is 57.8 Å². The zero-order valence-corrected chi connectivity index (χ0v) is 12.4. The molecule has 1 heterocycles. The fraction of sp³-hybridized carbons (Fsp3) is 0.417. The van der Waals surface area contributed by atoms with Gasteiger partial charge in [-0.05, 0) is 12.1 Å². The number of nitrogens with zero attached hydrogens (tertiary/aromatic N) is 2. The van der Waals surface area contributed by atoms with Crippen LogP contribution in [0.1, 0.15) is 11.4 Å². The highest BCUT2D eigenvalue weighted by Crippen LogP contribution is 2.45. The van der Waals surface area contributed by atoms with E-state index in [1.54, 1.807) is 0 Å². The fourth-order valence-electron chi connectivity index (χ4n) is 2.36. The first-order valence-corrected chi connectivity index (χ1v) is 6.70. The molecule has 1 aromatic rings. The van der Waals surface area contributed by atoms with Crippen LogP contribution in [0.15, 0.2) is 29.4 Å². The molecule has 0 radical (unpaired) electrons. The fourth-order valence-corrected chi connectivity index (χ4v) is 2.36. The third-order valence-corrected chi connectivity index (χ3v) is 3.48. The molecule has 150 valence electrons. The molecular formula is C12H5BF12N2. The second kappa shape index (κ2) is 6.22. The van der Waals surface area contributed by atoms with Crippen molar-refractivity contribution in [3.8, 4) is 0 Å². The van der Waals surface area contributed by atoms with Crippen molar-refractivity contribution in [1.29, 1.82) is 0 Å². The second-order valence-electron chi connectivity index (χ2n) is 5.42. The predicted molar refractivity (Wildman–Crippen MR) is 66.8 cm³/mol. The molecule has 0 unspecified atom stereocenters. The maximum absolute atomic E-state index is 12.9. The van der Waals surface area contributed by atoms with Crippen LogP contribution in [-0.4, -0.2) is 29.5 Å². The van der Waals surface area contributed by atoms with Gasteiger partial charge in [0.25, 0.3) is 7.41 Å². The molecule has 1 aliphatic rings. The molecule has 0 N–H and O–H groups in total. The van der Waals surface area contributed by atoms with Crippen LogP contribution in [0.2, 0.25) is 5.82 Å². The Hall–Kier alpha value is -2.09. The van der Waals surface area contributed by atoms with Crippen molar-refractivity contribution in [3.05, 3.63) is 40.8 Å². The third-order valence-electron chi connectivity index (χ3n) is 3.48. The van der Waals surface area contributed by atoms with E-state index in [4.69, 9.17) is 0 Å². The van der Waals surface area contributed by atoms with Gasteiger partial charge in [-0.1, -0.05) is 6.08 Å². The van der Waals surface area contributed by atoms with Crippen molar-refractivity contribution >= 4 is 7.41 Å². The summed E-state index contributed by atoms with van der Waals surface area (Å²) < 4.78 is 152. The monoisotopic (exact) mass is 416 g/mol. The Morgan fingerprint density at radius 2 is 1.33 bits per heavy atom. The van der Waals surface area contributed by atoms with Crippen LogP contribution in [0.4, 0.5) is 52.7 Å². The highest BCUT2D eigenvalue weighted by atomic mass is 19.4. The molecule has 1 aliphatic carbocycles. The molecule has 0 spiro atoms. The van der Waals surface area contributed by atoms with Crippen LogP contribution >= 0.6 is 0 Å². The molecule has 0 fully saturated rings. The number of aromatic nitrogens is 2. The summed E-state index contributed by atoms with van der Waals surface area (Å²) in [6, 6.07) is -0.430. The van der Waals surface area contributed by atoms with E-state index in [2.05, 4.69) is 5.10 Å². The lowest BCUT2D eigenvalue weighted by atomic mass is 9.72. The standard InChI is InChI=1S/C12H5BF12N2/c14-9(15,16)4-1-5(10(17,18)19)6(2-4)13-27-8(12(23,24)25)3-7(26-27)11(20,21)22/h1-3,6,13H/t6-/m1/s1. The molecule has 1 aromatic heterocycles. The highest BCUT2D eigenvalue weighted by Gasteiger charge is 2.47. The Kier molecular flexibility index (Phi) is 4.89. The molecule has 2 nitrogen and oxygen atoms in total. The highest BCUT2D eigenvalue weighted by molar-refractivity contribution is 6.38. The van der Waals surface area contributed by atoms with E-state index in [9.17, 15) is 52.7 Å². The summed E-state index contributed by atoms with van der Waals surface area (Å²) in [6.45, 7) is 0. The van der Waals surface area contributed by atoms with Crippen molar-refractivity contribution in [1.82, 2.24) is 9.69 Å². The van der Waals surface area contributed by atoms with Gasteiger partial charge in [0.2, 0.25) is 0 Å². The third kappa shape index (κ3) is 4.61. The van der Waals surface area contributed by atoms with Crippen molar-refractivity contribution in [2.75, 3.05) is 0 Å². The minimum atomic E-state index is -5.42. The summed E-state index contributed by atoms with van der Waals surface area (Å²) in [5.74, 6) is -2.30. The molecular weight excluding hydrogens is 411 g/mol. The Balaban J connectivity index is 2.50. The minimum absolute atomic E-state index is 0.00206. The number of allylic oxidation sites excluding steroid dienone is 4. The first kappa shape index (κ1) is 21.2. The average molecular weight is 416 g/mol. The summed E-state index contributed by atoms with van der Waals surface area (Å²) >= 11 is 0. The van der Waals surface area contributed by atoms with Gasteiger partial charge < -0.3 is 4.59 Å². The van der Waals surface area contributed by atoms with E-state index < -0.39 is 71.1 Å². The lowest BCUT2D eigenvalue weighted by molar-refractivity contribution is -0.143. The molecule has 0 bridgehead atoms. The summed E-state index contributed by atoms with van der Waals surface area (Å²) in [5.41, 5.74) is -7.68. The van der Waals surface area contributed by atoms with Crippen LogP contribution < -0.4 is 0 Å². The van der Waals surface area contributed by atoms with Crippen LogP contribution in [0.5, 0.6) is 0 Å². The van der Waals surface area contributed by atoms with E-state index in [0.717, 1.165) is 0 Å². The number of hydrogen-bond donors (Lipinski definition) is 0. The maximum Gasteiger partial charge on any atom is 0.435 e. The normalized spacial score (nSPS) is 19.2. The van der Waals surface area contributed by atoms with E-state index in [0.29, 0.717) is 0 Å². The van der Waals surface area contributed by atoms with Crippen molar-refractivity contribution < 1.29 is 52.7 Å². The molecule has 1 atom stereocenters. The minimum Gasteiger partial charge on any atom is -0.310 e. The predicted octanol–water partition coefficient (Wildman–Crippen LogP) is 4.90. The number of rotatable bonds is 2. The molecule has 27 heavy (non-hydrogen) atoms. The second-order valence-corrected chi connectivity index (χ2v) is 5.42. The number of alkyl halides is 12. The first-order chi connectivity index (χ1) is 11.9. The van der Waals surface area contributed by atoms with Crippen LogP contribution in [0.3, 0.4) is 0 Å².